The van der Waals surface area contributed by atoms with Gasteiger partial charge < -0.3 is 9.47 Å². The number of carbonyl (C=O) groups excluding carboxylic acids is 3. The molecular formula is C33H28N2O5. The summed E-state index contributed by atoms with van der Waals surface area (Å²) in [5, 5.41) is 0.945. The lowest BCUT2D eigenvalue weighted by Gasteiger charge is -2.42. The fourth-order valence-electron chi connectivity index (χ4n) is 4.70. The zero-order valence-electron chi connectivity index (χ0n) is 21.9. The Morgan fingerprint density at radius 2 is 1.25 bits per heavy atom. The number of amides is 2. The summed E-state index contributed by atoms with van der Waals surface area (Å²) in [7, 11) is 0. The molecule has 40 heavy (non-hydrogen) atoms. The summed E-state index contributed by atoms with van der Waals surface area (Å²) < 4.78 is 11.0. The second-order valence-corrected chi connectivity index (χ2v) is 9.46. The molecule has 1 N–H and O–H groups in total. The van der Waals surface area contributed by atoms with Crippen molar-refractivity contribution in [1.82, 2.24) is 10.4 Å². The third-order valence-corrected chi connectivity index (χ3v) is 6.81. The van der Waals surface area contributed by atoms with Gasteiger partial charge in [-0.15, -0.1) is 0 Å². The number of ketones is 1. The van der Waals surface area contributed by atoms with E-state index in [0.717, 1.165) is 21.7 Å². The van der Waals surface area contributed by atoms with Crippen molar-refractivity contribution in [3.05, 3.63) is 143 Å². The number of Topliss-reactive ketones (excluding diaryl/α,β-unsaturated/α-hetero) is 1. The van der Waals surface area contributed by atoms with E-state index in [4.69, 9.17) is 9.47 Å². The minimum atomic E-state index is -1.64. The Bertz CT molecular complexity index is 1540. The fourth-order valence-corrected chi connectivity index (χ4v) is 4.70. The van der Waals surface area contributed by atoms with E-state index >= 15 is 0 Å². The van der Waals surface area contributed by atoms with E-state index in [1.807, 2.05) is 103 Å². The molecule has 1 aliphatic rings. The maximum absolute atomic E-state index is 14.3. The van der Waals surface area contributed by atoms with Crippen LogP contribution in [-0.2, 0) is 33.0 Å². The molecule has 0 fully saturated rings. The molecule has 0 saturated heterocycles. The predicted octanol–water partition coefficient (Wildman–Crippen LogP) is 6.51. The molecule has 0 saturated carbocycles. The van der Waals surface area contributed by atoms with Crippen LogP contribution in [0.1, 0.15) is 34.7 Å². The van der Waals surface area contributed by atoms with E-state index in [0.29, 0.717) is 16.7 Å². The Hall–Kier alpha value is -5.17. The summed E-state index contributed by atoms with van der Waals surface area (Å²) in [6.45, 7) is 1.53. The molecule has 0 heterocycles. The van der Waals surface area contributed by atoms with Gasteiger partial charge in [0.25, 0.3) is 0 Å². The van der Waals surface area contributed by atoms with Crippen molar-refractivity contribution in [3.63, 3.8) is 0 Å². The zero-order chi connectivity index (χ0) is 28.0. The van der Waals surface area contributed by atoms with Gasteiger partial charge in [0, 0.05) is 5.57 Å². The van der Waals surface area contributed by atoms with Crippen LogP contribution in [0, 0.1) is 0 Å². The van der Waals surface area contributed by atoms with Crippen molar-refractivity contribution in [2.24, 2.45) is 0 Å². The number of carbonyl (C=O) groups is 3. The van der Waals surface area contributed by atoms with Gasteiger partial charge >= 0.3 is 12.2 Å². The Balaban J connectivity index is 1.50. The molecule has 1 aliphatic carbocycles. The molecule has 0 bridgehead atoms. The number of benzene rings is 4. The highest BCUT2D eigenvalue weighted by molar-refractivity contribution is 6.31. The molecule has 0 aromatic heterocycles. The molecule has 4 aromatic rings. The second kappa shape index (κ2) is 11.7. The highest BCUT2D eigenvalue weighted by Gasteiger charge is 2.50. The van der Waals surface area contributed by atoms with Crippen molar-refractivity contribution in [2.45, 2.75) is 25.7 Å². The van der Waals surface area contributed by atoms with Gasteiger partial charge in [0.1, 0.15) is 13.2 Å². The van der Waals surface area contributed by atoms with Crippen molar-refractivity contribution < 1.29 is 23.9 Å². The third-order valence-electron chi connectivity index (χ3n) is 6.81. The first-order valence-corrected chi connectivity index (χ1v) is 12.9. The molecule has 7 nitrogen and oxygen atoms in total. The lowest BCUT2D eigenvalue weighted by atomic mass is 9.75. The number of fused-ring (bicyclic) bond motifs is 1. The van der Waals surface area contributed by atoms with Crippen LogP contribution in [0.15, 0.2) is 115 Å². The van der Waals surface area contributed by atoms with Gasteiger partial charge in [0.05, 0.1) is 0 Å². The quantitative estimate of drug-likeness (QED) is 0.286. The maximum atomic E-state index is 14.3. The first-order chi connectivity index (χ1) is 19.5. The van der Waals surface area contributed by atoms with E-state index in [1.165, 1.54) is 0 Å². The SMILES string of the molecule is C[C@]1(N(NC(=O)OCc2ccccc2)C(=O)OCc2ccccc2)C(=O)C(c2ccccc2)=Cc2ccccc21. The molecule has 200 valence electrons. The Kier molecular flexibility index (Phi) is 7.73. The number of rotatable bonds is 6. The molecule has 7 heteroatoms. The van der Waals surface area contributed by atoms with Crippen molar-refractivity contribution in [3.8, 4) is 0 Å². The number of hydrazine groups is 1. The summed E-state index contributed by atoms with van der Waals surface area (Å²) in [6, 6.07) is 34.8. The summed E-state index contributed by atoms with van der Waals surface area (Å²) in [6.07, 6.45) is -0.000943. The molecule has 2 amide bonds. The highest BCUT2D eigenvalue weighted by Crippen LogP contribution is 2.41. The Labute approximate surface area is 232 Å². The standard InChI is InChI=1S/C33H28N2O5/c1-33(29-20-12-11-19-27(29)21-28(30(33)36)26-17-9-4-10-18-26)35(32(38)40-23-25-15-7-3-8-16-25)34-31(37)39-22-24-13-5-2-6-14-24/h2-21H,22-23H2,1H3,(H,34,37)/t33-/m1/s1. The van der Waals surface area contributed by atoms with Crippen molar-refractivity contribution in [1.29, 1.82) is 0 Å². The van der Waals surface area contributed by atoms with Crippen LogP contribution in [0.3, 0.4) is 0 Å². The van der Waals surface area contributed by atoms with Gasteiger partial charge in [-0.2, -0.15) is 5.01 Å². The van der Waals surface area contributed by atoms with E-state index in [1.54, 1.807) is 25.1 Å². The summed E-state index contributed by atoms with van der Waals surface area (Å²) in [5.41, 5.74) is 4.79. The number of hydrogen-bond donors (Lipinski definition) is 1. The minimum Gasteiger partial charge on any atom is -0.443 e. The van der Waals surface area contributed by atoms with Gasteiger partial charge in [-0.3, -0.25) is 4.79 Å². The number of nitrogens with one attached hydrogen (secondary N) is 1. The number of ether oxygens (including phenoxy) is 2. The number of hydrogen-bond acceptors (Lipinski definition) is 5. The van der Waals surface area contributed by atoms with Gasteiger partial charge in [-0.05, 0) is 40.8 Å². The average Bonchev–Trinajstić information content (AvgIpc) is 3.01. The van der Waals surface area contributed by atoms with Crippen LogP contribution in [0.25, 0.3) is 11.6 Å². The summed E-state index contributed by atoms with van der Waals surface area (Å²) in [5.74, 6) is -0.377. The predicted molar refractivity (Wildman–Crippen MR) is 151 cm³/mol. The van der Waals surface area contributed by atoms with Gasteiger partial charge in [0.15, 0.2) is 11.3 Å². The third kappa shape index (κ3) is 5.49. The smallest absolute Gasteiger partial charge is 0.430 e. The topological polar surface area (TPSA) is 84.9 Å². The molecule has 0 spiro atoms. The lowest BCUT2D eigenvalue weighted by Crippen LogP contribution is -2.61. The molecule has 0 aliphatic heterocycles. The van der Waals surface area contributed by atoms with Gasteiger partial charge in [-0.1, -0.05) is 115 Å². The van der Waals surface area contributed by atoms with Crippen LogP contribution in [-0.4, -0.2) is 23.0 Å². The van der Waals surface area contributed by atoms with Crippen LogP contribution in [0.5, 0.6) is 0 Å². The first kappa shape index (κ1) is 26.4. The normalized spacial score (nSPS) is 15.8. The zero-order valence-corrected chi connectivity index (χ0v) is 21.9. The van der Waals surface area contributed by atoms with Gasteiger partial charge in [0.2, 0.25) is 0 Å². The second-order valence-electron chi connectivity index (χ2n) is 9.46. The summed E-state index contributed by atoms with van der Waals surface area (Å²) >= 11 is 0. The molecule has 5 rings (SSSR count). The van der Waals surface area contributed by atoms with Crippen molar-refractivity contribution >= 4 is 29.6 Å². The molecule has 4 aromatic carbocycles. The highest BCUT2D eigenvalue weighted by atomic mass is 16.6. The molecule has 1 atom stereocenters. The first-order valence-electron chi connectivity index (χ1n) is 12.9. The van der Waals surface area contributed by atoms with Crippen LogP contribution in [0.4, 0.5) is 9.59 Å². The monoisotopic (exact) mass is 532 g/mol. The summed E-state index contributed by atoms with van der Waals surface area (Å²) in [4.78, 5) is 41.0. The lowest BCUT2D eigenvalue weighted by molar-refractivity contribution is -0.126. The molecule has 0 radical (unpaired) electrons. The van der Waals surface area contributed by atoms with Crippen LogP contribution in [0.2, 0.25) is 0 Å². The minimum absolute atomic E-state index is 0.0179. The van der Waals surface area contributed by atoms with E-state index in [-0.39, 0.29) is 19.0 Å². The van der Waals surface area contributed by atoms with E-state index in [9.17, 15) is 14.4 Å². The van der Waals surface area contributed by atoms with E-state index < -0.39 is 17.7 Å². The van der Waals surface area contributed by atoms with E-state index in [2.05, 4.69) is 5.43 Å². The molecule has 0 unspecified atom stereocenters. The van der Waals surface area contributed by atoms with Crippen molar-refractivity contribution in [2.75, 3.05) is 0 Å². The number of nitrogens with zero attached hydrogens (tertiary/aromatic N) is 1. The fraction of sp³-hybridized carbons (Fsp3) is 0.121. The maximum Gasteiger partial charge on any atom is 0.430 e. The van der Waals surface area contributed by atoms with Crippen LogP contribution >= 0.6 is 0 Å². The van der Waals surface area contributed by atoms with Crippen LogP contribution < -0.4 is 5.43 Å². The Morgan fingerprint density at radius 1 is 0.725 bits per heavy atom. The molecular weight excluding hydrogens is 504 g/mol. The average molecular weight is 533 g/mol. The van der Waals surface area contributed by atoms with Gasteiger partial charge in [-0.25, -0.2) is 15.0 Å². The largest absolute Gasteiger partial charge is 0.443 e. The Morgan fingerprint density at radius 3 is 1.88 bits per heavy atom.